The molecule has 0 radical (unpaired) electrons. The van der Waals surface area contributed by atoms with E-state index in [2.05, 4.69) is 12.7 Å². The summed E-state index contributed by atoms with van der Waals surface area (Å²) in [6, 6.07) is 0. The minimum atomic E-state index is 0. The van der Waals surface area contributed by atoms with Crippen molar-refractivity contribution in [2.45, 2.75) is 12.8 Å². The Kier molecular flexibility index (Phi) is 2.92. The first-order valence-electron chi connectivity index (χ1n) is 2.40. The average molecular weight is 116 g/mol. The van der Waals surface area contributed by atoms with Crippen LogP contribution < -0.4 is 0 Å². The summed E-state index contributed by atoms with van der Waals surface area (Å²) < 4.78 is 4.90. The zero-order valence-electron chi connectivity index (χ0n) is 4.59. The summed E-state index contributed by atoms with van der Waals surface area (Å²) in [4.78, 5) is 0. The summed E-state index contributed by atoms with van der Waals surface area (Å²) in [6.45, 7) is 3.42. The second kappa shape index (κ2) is 3.24. The number of hydrogen-bond donors (Lipinski definition) is 0. The van der Waals surface area contributed by atoms with Crippen LogP contribution in [0.15, 0.2) is 24.7 Å². The minimum absolute atomic E-state index is 0. The van der Waals surface area contributed by atoms with Crippen LogP contribution in [0.25, 0.3) is 0 Å². The monoisotopic (exact) mass is 116 g/mol. The van der Waals surface area contributed by atoms with Gasteiger partial charge in [-0.3, -0.25) is 4.70 Å². The van der Waals surface area contributed by atoms with Gasteiger partial charge in [-0.05, 0) is 12.5 Å². The highest BCUT2D eigenvalue weighted by Gasteiger charge is 2.02. The van der Waals surface area contributed by atoms with Crippen molar-refractivity contribution >= 4 is 0 Å². The van der Waals surface area contributed by atoms with Gasteiger partial charge < -0.3 is 4.74 Å². The lowest BCUT2D eigenvalue weighted by atomic mass is 10.1. The Bertz CT molecular complexity index is 107. The molecule has 0 spiro atoms. The van der Waals surface area contributed by atoms with Crippen LogP contribution in [0, 0.1) is 0 Å². The SMILES string of the molecule is C=COC1=CCC1.F. The molecule has 0 aromatic rings. The second-order valence-electron chi connectivity index (χ2n) is 1.49. The topological polar surface area (TPSA) is 9.23 Å². The number of ether oxygens (including phenoxy) is 1. The average Bonchev–Trinajstić information content (AvgIpc) is 1.55. The van der Waals surface area contributed by atoms with Gasteiger partial charge in [-0.15, -0.1) is 0 Å². The molecule has 2 heteroatoms. The van der Waals surface area contributed by atoms with Crippen LogP contribution in [-0.4, -0.2) is 0 Å². The van der Waals surface area contributed by atoms with Crippen LogP contribution in [0.1, 0.15) is 12.8 Å². The van der Waals surface area contributed by atoms with Gasteiger partial charge >= 0.3 is 0 Å². The summed E-state index contributed by atoms with van der Waals surface area (Å²) in [5.74, 6) is 1.06. The standard InChI is InChI=1S/C6H8O.FH/c1-2-7-6-4-3-5-6;/h2,4H,1,3,5H2;1H. The zero-order chi connectivity index (χ0) is 5.11. The van der Waals surface area contributed by atoms with Gasteiger partial charge in [-0.2, -0.15) is 0 Å². The lowest BCUT2D eigenvalue weighted by Crippen LogP contribution is -1.93. The molecule has 8 heavy (non-hydrogen) atoms. The van der Waals surface area contributed by atoms with Crippen LogP contribution in [0.4, 0.5) is 4.70 Å². The van der Waals surface area contributed by atoms with Crippen LogP contribution in [0.2, 0.25) is 0 Å². The van der Waals surface area contributed by atoms with Crippen molar-refractivity contribution in [3.05, 3.63) is 24.7 Å². The predicted octanol–water partition coefficient (Wildman–Crippen LogP) is 1.98. The van der Waals surface area contributed by atoms with Crippen molar-refractivity contribution in [1.82, 2.24) is 0 Å². The van der Waals surface area contributed by atoms with Gasteiger partial charge in [0.25, 0.3) is 0 Å². The third-order valence-electron chi connectivity index (χ3n) is 0.997. The summed E-state index contributed by atoms with van der Waals surface area (Å²) in [7, 11) is 0. The molecular formula is C6H9FO. The fourth-order valence-electron chi connectivity index (χ4n) is 0.476. The van der Waals surface area contributed by atoms with Crippen molar-refractivity contribution in [2.75, 3.05) is 0 Å². The molecule has 0 atom stereocenters. The first-order valence-corrected chi connectivity index (χ1v) is 2.40. The Labute approximate surface area is 48.0 Å². The number of rotatable bonds is 2. The molecule has 0 aromatic carbocycles. The highest BCUT2D eigenvalue weighted by atomic mass is 19.0. The zero-order valence-corrected chi connectivity index (χ0v) is 4.59. The molecule has 0 amide bonds. The molecule has 0 unspecified atom stereocenters. The molecule has 0 fully saturated rings. The van der Waals surface area contributed by atoms with E-state index in [0.717, 1.165) is 12.2 Å². The Balaban J connectivity index is 0.000000490. The van der Waals surface area contributed by atoms with E-state index in [1.807, 2.05) is 0 Å². The van der Waals surface area contributed by atoms with Crippen LogP contribution in [0.5, 0.6) is 0 Å². The van der Waals surface area contributed by atoms with Crippen LogP contribution >= 0.6 is 0 Å². The van der Waals surface area contributed by atoms with Gasteiger partial charge in [-0.1, -0.05) is 6.58 Å². The largest absolute Gasteiger partial charge is 0.470 e. The summed E-state index contributed by atoms with van der Waals surface area (Å²) in [6.07, 6.45) is 5.78. The van der Waals surface area contributed by atoms with Gasteiger partial charge in [0.15, 0.2) is 0 Å². The lowest BCUT2D eigenvalue weighted by Gasteiger charge is -2.10. The molecule has 0 heterocycles. The molecule has 0 saturated carbocycles. The molecule has 1 nitrogen and oxygen atoms in total. The fourth-order valence-corrected chi connectivity index (χ4v) is 0.476. The van der Waals surface area contributed by atoms with Crippen molar-refractivity contribution in [3.8, 4) is 0 Å². The van der Waals surface area contributed by atoms with Crippen molar-refractivity contribution in [2.24, 2.45) is 0 Å². The van der Waals surface area contributed by atoms with Crippen molar-refractivity contribution in [1.29, 1.82) is 0 Å². The van der Waals surface area contributed by atoms with Gasteiger partial charge in [0, 0.05) is 6.42 Å². The van der Waals surface area contributed by atoms with E-state index in [-0.39, 0.29) is 4.70 Å². The molecule has 0 aromatic heterocycles. The van der Waals surface area contributed by atoms with Crippen LogP contribution in [0.3, 0.4) is 0 Å². The third-order valence-corrected chi connectivity index (χ3v) is 0.997. The number of hydrogen-bond acceptors (Lipinski definition) is 1. The maximum atomic E-state index is 4.90. The van der Waals surface area contributed by atoms with E-state index < -0.39 is 0 Å². The Morgan fingerprint density at radius 3 is 2.50 bits per heavy atom. The Morgan fingerprint density at radius 1 is 1.75 bits per heavy atom. The van der Waals surface area contributed by atoms with E-state index in [1.165, 1.54) is 12.7 Å². The summed E-state index contributed by atoms with van der Waals surface area (Å²) >= 11 is 0. The summed E-state index contributed by atoms with van der Waals surface area (Å²) in [5.41, 5.74) is 0. The molecule has 0 aliphatic heterocycles. The number of allylic oxidation sites excluding steroid dienone is 2. The van der Waals surface area contributed by atoms with E-state index in [0.29, 0.717) is 0 Å². The fraction of sp³-hybridized carbons (Fsp3) is 0.333. The van der Waals surface area contributed by atoms with Gasteiger partial charge in [0.1, 0.15) is 0 Å². The molecule has 1 aliphatic carbocycles. The maximum absolute atomic E-state index is 4.90. The maximum Gasteiger partial charge on any atom is 0.0995 e. The highest BCUT2D eigenvalue weighted by Crippen LogP contribution is 2.18. The molecule has 0 N–H and O–H groups in total. The molecule has 0 bridgehead atoms. The minimum Gasteiger partial charge on any atom is -0.470 e. The molecule has 1 rings (SSSR count). The molecule has 46 valence electrons. The van der Waals surface area contributed by atoms with Gasteiger partial charge in [-0.25, -0.2) is 0 Å². The van der Waals surface area contributed by atoms with Crippen molar-refractivity contribution in [3.63, 3.8) is 0 Å². The first kappa shape index (κ1) is 7.21. The third kappa shape index (κ3) is 1.37. The van der Waals surface area contributed by atoms with Gasteiger partial charge in [0.05, 0.1) is 12.0 Å². The smallest absolute Gasteiger partial charge is 0.0995 e. The van der Waals surface area contributed by atoms with Crippen LogP contribution in [-0.2, 0) is 4.74 Å². The Hall–Kier alpha value is -0.790. The molecular weight excluding hydrogens is 107 g/mol. The van der Waals surface area contributed by atoms with Gasteiger partial charge in [0.2, 0.25) is 0 Å². The van der Waals surface area contributed by atoms with E-state index >= 15 is 0 Å². The first-order chi connectivity index (χ1) is 3.43. The Morgan fingerprint density at radius 2 is 2.38 bits per heavy atom. The van der Waals surface area contributed by atoms with Crippen molar-refractivity contribution < 1.29 is 9.44 Å². The highest BCUT2D eigenvalue weighted by molar-refractivity contribution is 5.05. The molecule has 1 aliphatic rings. The van der Waals surface area contributed by atoms with E-state index in [1.54, 1.807) is 0 Å². The number of halogens is 1. The lowest BCUT2D eigenvalue weighted by molar-refractivity contribution is 0.315. The van der Waals surface area contributed by atoms with E-state index in [4.69, 9.17) is 4.74 Å². The second-order valence-corrected chi connectivity index (χ2v) is 1.49. The summed E-state index contributed by atoms with van der Waals surface area (Å²) in [5, 5.41) is 0. The van der Waals surface area contributed by atoms with E-state index in [9.17, 15) is 0 Å². The molecule has 0 saturated heterocycles. The quantitative estimate of drug-likeness (QED) is 0.501. The predicted molar refractivity (Wildman–Crippen MR) is 31.1 cm³/mol. The normalized spacial score (nSPS) is 14.8.